The second-order valence-electron chi connectivity index (χ2n) is 7.48. The van der Waals surface area contributed by atoms with Gasteiger partial charge in [-0.2, -0.15) is 0 Å². The molecule has 0 amide bonds. The Labute approximate surface area is 175 Å². The summed E-state index contributed by atoms with van der Waals surface area (Å²) in [5.74, 6) is 0.866. The zero-order valence-corrected chi connectivity index (χ0v) is 16.7. The lowest BCUT2D eigenvalue weighted by Gasteiger charge is -2.09. The average molecular weight is 393 g/mol. The number of para-hydroxylation sites is 1. The molecule has 3 heterocycles. The highest BCUT2D eigenvalue weighted by Crippen LogP contribution is 2.23. The van der Waals surface area contributed by atoms with E-state index in [9.17, 15) is 0 Å². The second kappa shape index (κ2) is 8.37. The first-order valence-electron chi connectivity index (χ1n) is 10.3. The lowest BCUT2D eigenvalue weighted by atomic mass is 10.1. The van der Waals surface area contributed by atoms with Crippen molar-refractivity contribution in [3.05, 3.63) is 103 Å². The second-order valence-corrected chi connectivity index (χ2v) is 7.48. The third kappa shape index (κ3) is 4.03. The van der Waals surface area contributed by atoms with Gasteiger partial charge >= 0.3 is 0 Å². The van der Waals surface area contributed by atoms with Crippen LogP contribution in [0.2, 0.25) is 0 Å². The molecule has 0 spiro atoms. The van der Waals surface area contributed by atoms with E-state index in [-0.39, 0.29) is 0 Å². The zero-order valence-electron chi connectivity index (χ0n) is 16.7. The van der Waals surface area contributed by atoms with Gasteiger partial charge in [0.25, 0.3) is 0 Å². The molecule has 0 bridgehead atoms. The van der Waals surface area contributed by atoms with E-state index >= 15 is 0 Å². The first kappa shape index (κ1) is 18.4. The highest BCUT2D eigenvalue weighted by molar-refractivity contribution is 5.81. The Kier molecular flexibility index (Phi) is 5.13. The average Bonchev–Trinajstić information content (AvgIpc) is 3.20. The SMILES string of the molecule is c1cncc(CCCn2ccc3cc(OCc4ccc5ccccc5n4)ccc32)c1. The molecule has 3 aromatic heterocycles. The van der Waals surface area contributed by atoms with Crippen molar-refractivity contribution in [1.82, 2.24) is 14.5 Å². The van der Waals surface area contributed by atoms with Crippen LogP contribution in [0.15, 0.2) is 91.4 Å². The molecule has 148 valence electrons. The molecule has 5 rings (SSSR count). The normalized spacial score (nSPS) is 11.2. The molecule has 0 unspecified atom stereocenters. The zero-order chi connectivity index (χ0) is 20.2. The van der Waals surface area contributed by atoms with Crippen LogP contribution in [0.1, 0.15) is 17.7 Å². The fraction of sp³-hybridized carbons (Fsp3) is 0.154. The summed E-state index contributed by atoms with van der Waals surface area (Å²) in [5, 5.41) is 2.34. The molecule has 0 aliphatic rings. The number of pyridine rings is 2. The van der Waals surface area contributed by atoms with E-state index in [0.29, 0.717) is 6.61 Å². The van der Waals surface area contributed by atoms with Crippen molar-refractivity contribution in [2.45, 2.75) is 26.0 Å². The summed E-state index contributed by atoms with van der Waals surface area (Å²) < 4.78 is 8.32. The van der Waals surface area contributed by atoms with Crippen LogP contribution in [0.4, 0.5) is 0 Å². The molecule has 0 N–H and O–H groups in total. The van der Waals surface area contributed by atoms with Crippen LogP contribution >= 0.6 is 0 Å². The number of ether oxygens (including phenoxy) is 1. The summed E-state index contributed by atoms with van der Waals surface area (Å²) in [6, 6.07) is 24.8. The molecular weight excluding hydrogens is 370 g/mol. The minimum atomic E-state index is 0.460. The van der Waals surface area contributed by atoms with Gasteiger partial charge in [0.15, 0.2) is 0 Å². The van der Waals surface area contributed by atoms with Crippen LogP contribution < -0.4 is 4.74 Å². The predicted octanol–water partition coefficient (Wildman–Crippen LogP) is 5.80. The monoisotopic (exact) mass is 393 g/mol. The van der Waals surface area contributed by atoms with Crippen molar-refractivity contribution in [1.29, 1.82) is 0 Å². The number of aromatic nitrogens is 3. The summed E-state index contributed by atoms with van der Waals surface area (Å²) in [4.78, 5) is 8.87. The molecule has 0 fully saturated rings. The molecule has 0 radical (unpaired) electrons. The van der Waals surface area contributed by atoms with E-state index in [1.165, 1.54) is 16.5 Å². The van der Waals surface area contributed by atoms with Crippen molar-refractivity contribution in [3.63, 3.8) is 0 Å². The van der Waals surface area contributed by atoms with Crippen molar-refractivity contribution < 1.29 is 4.74 Å². The summed E-state index contributed by atoms with van der Waals surface area (Å²) in [7, 11) is 0. The molecule has 0 saturated carbocycles. The van der Waals surface area contributed by atoms with Gasteiger partial charge in [0.2, 0.25) is 0 Å². The van der Waals surface area contributed by atoms with Gasteiger partial charge in [-0.25, -0.2) is 4.98 Å². The summed E-state index contributed by atoms with van der Waals surface area (Å²) in [5.41, 5.74) is 4.45. The number of hydrogen-bond acceptors (Lipinski definition) is 3. The van der Waals surface area contributed by atoms with Gasteiger partial charge in [0, 0.05) is 41.4 Å². The first-order chi connectivity index (χ1) is 14.8. The minimum absolute atomic E-state index is 0.460. The number of benzene rings is 2. The largest absolute Gasteiger partial charge is 0.487 e. The van der Waals surface area contributed by atoms with E-state index in [1.807, 2.05) is 48.8 Å². The predicted molar refractivity (Wildman–Crippen MR) is 121 cm³/mol. The van der Waals surface area contributed by atoms with Gasteiger partial charge in [0.05, 0.1) is 11.2 Å². The van der Waals surface area contributed by atoms with Gasteiger partial charge in [-0.1, -0.05) is 30.3 Å². The molecule has 0 saturated heterocycles. The highest BCUT2D eigenvalue weighted by Gasteiger charge is 2.05. The third-order valence-corrected chi connectivity index (χ3v) is 5.37. The van der Waals surface area contributed by atoms with Crippen LogP contribution in [0, 0.1) is 0 Å². The van der Waals surface area contributed by atoms with E-state index < -0.39 is 0 Å². The van der Waals surface area contributed by atoms with Gasteiger partial charge in [-0.15, -0.1) is 0 Å². The maximum Gasteiger partial charge on any atom is 0.130 e. The van der Waals surface area contributed by atoms with E-state index in [0.717, 1.165) is 41.7 Å². The molecule has 2 aromatic carbocycles. The third-order valence-electron chi connectivity index (χ3n) is 5.37. The van der Waals surface area contributed by atoms with Crippen molar-refractivity contribution in [2.24, 2.45) is 0 Å². The number of hydrogen-bond donors (Lipinski definition) is 0. The van der Waals surface area contributed by atoms with Crippen LogP contribution in [0.25, 0.3) is 21.8 Å². The van der Waals surface area contributed by atoms with Gasteiger partial charge in [-0.05, 0) is 60.9 Å². The number of fused-ring (bicyclic) bond motifs is 2. The smallest absolute Gasteiger partial charge is 0.130 e. The fourth-order valence-electron chi connectivity index (χ4n) is 3.81. The molecule has 0 aliphatic heterocycles. The topological polar surface area (TPSA) is 39.9 Å². The fourth-order valence-corrected chi connectivity index (χ4v) is 3.81. The van der Waals surface area contributed by atoms with Crippen LogP contribution in [-0.2, 0) is 19.6 Å². The Morgan fingerprint density at radius 1 is 0.867 bits per heavy atom. The summed E-state index contributed by atoms with van der Waals surface area (Å²) >= 11 is 0. The van der Waals surface area contributed by atoms with Crippen LogP contribution in [0.5, 0.6) is 5.75 Å². The quantitative estimate of drug-likeness (QED) is 0.351. The molecule has 4 heteroatoms. The Bertz CT molecular complexity index is 1280. The van der Waals surface area contributed by atoms with Gasteiger partial charge in [0.1, 0.15) is 12.4 Å². The van der Waals surface area contributed by atoms with Crippen LogP contribution in [-0.4, -0.2) is 14.5 Å². The van der Waals surface area contributed by atoms with Crippen LogP contribution in [0.3, 0.4) is 0 Å². The maximum atomic E-state index is 6.02. The standard InChI is InChI=1S/C26H23N3O/c1-2-8-25-21(7-1)9-10-23(28-25)19-30-24-11-12-26-22(17-24)13-16-29(26)15-4-6-20-5-3-14-27-18-20/h1-3,5,7-14,16-18H,4,6,15,19H2. The lowest BCUT2D eigenvalue weighted by Crippen LogP contribution is -1.99. The maximum absolute atomic E-state index is 6.02. The summed E-state index contributed by atoms with van der Waals surface area (Å²) in [6.07, 6.45) is 8.04. The molecular formula is C26H23N3O. The summed E-state index contributed by atoms with van der Waals surface area (Å²) in [6.45, 7) is 1.45. The molecule has 30 heavy (non-hydrogen) atoms. The van der Waals surface area contributed by atoms with Crippen molar-refractivity contribution in [2.75, 3.05) is 0 Å². The molecule has 5 aromatic rings. The van der Waals surface area contributed by atoms with Crippen molar-refractivity contribution in [3.8, 4) is 5.75 Å². The lowest BCUT2D eigenvalue weighted by molar-refractivity contribution is 0.302. The highest BCUT2D eigenvalue weighted by atomic mass is 16.5. The molecule has 0 atom stereocenters. The van der Waals surface area contributed by atoms with Crippen molar-refractivity contribution >= 4 is 21.8 Å². The Morgan fingerprint density at radius 3 is 2.77 bits per heavy atom. The van der Waals surface area contributed by atoms with Gasteiger partial charge < -0.3 is 9.30 Å². The number of aryl methyl sites for hydroxylation is 2. The Hall–Kier alpha value is -3.66. The Balaban J connectivity index is 1.23. The van der Waals surface area contributed by atoms with Gasteiger partial charge in [-0.3, -0.25) is 4.98 Å². The Morgan fingerprint density at radius 2 is 1.83 bits per heavy atom. The molecule has 4 nitrogen and oxygen atoms in total. The number of rotatable bonds is 7. The van der Waals surface area contributed by atoms with E-state index in [4.69, 9.17) is 4.74 Å². The van der Waals surface area contributed by atoms with E-state index in [2.05, 4.69) is 57.1 Å². The first-order valence-corrected chi connectivity index (χ1v) is 10.3. The van der Waals surface area contributed by atoms with E-state index in [1.54, 1.807) is 0 Å². The number of nitrogens with zero attached hydrogens (tertiary/aromatic N) is 3. The minimum Gasteiger partial charge on any atom is -0.487 e. The molecule has 0 aliphatic carbocycles.